The van der Waals surface area contributed by atoms with Crippen LogP contribution in [0.15, 0.2) is 28.1 Å². The van der Waals surface area contributed by atoms with E-state index < -0.39 is 5.82 Å². The van der Waals surface area contributed by atoms with Gasteiger partial charge in [0.15, 0.2) is 0 Å². The summed E-state index contributed by atoms with van der Waals surface area (Å²) in [5, 5.41) is 2.85. The third kappa shape index (κ3) is 3.19. The summed E-state index contributed by atoms with van der Waals surface area (Å²) in [7, 11) is 1.64. The van der Waals surface area contributed by atoms with Crippen molar-refractivity contribution in [3.8, 4) is 0 Å². The molecule has 0 bridgehead atoms. The summed E-state index contributed by atoms with van der Waals surface area (Å²) in [6.07, 6.45) is 0. The van der Waals surface area contributed by atoms with Gasteiger partial charge < -0.3 is 4.90 Å². The summed E-state index contributed by atoms with van der Waals surface area (Å²) in [5.74, 6) is -0.890. The minimum atomic E-state index is -0.534. The first-order chi connectivity index (χ1) is 8.99. The van der Waals surface area contributed by atoms with E-state index >= 15 is 0 Å². The average Bonchev–Trinajstić information content (AvgIpc) is 2.77. The SMILES string of the molecule is Cc1nc(CN(C)C(=O)c2cccc(Br)c2F)cs1. The molecule has 0 fully saturated rings. The van der Waals surface area contributed by atoms with Crippen molar-refractivity contribution in [3.05, 3.63) is 50.1 Å². The second-order valence-electron chi connectivity index (χ2n) is 4.12. The Balaban J connectivity index is 2.17. The molecule has 1 aromatic heterocycles. The zero-order valence-electron chi connectivity index (χ0n) is 10.5. The summed E-state index contributed by atoms with van der Waals surface area (Å²) in [4.78, 5) is 17.9. The van der Waals surface area contributed by atoms with Crippen LogP contribution >= 0.6 is 27.3 Å². The topological polar surface area (TPSA) is 33.2 Å². The summed E-state index contributed by atoms with van der Waals surface area (Å²) < 4.78 is 14.1. The Morgan fingerprint density at radius 1 is 1.53 bits per heavy atom. The van der Waals surface area contributed by atoms with E-state index in [0.29, 0.717) is 6.54 Å². The number of halogens is 2. The number of hydrogen-bond acceptors (Lipinski definition) is 3. The van der Waals surface area contributed by atoms with E-state index in [4.69, 9.17) is 0 Å². The molecule has 1 amide bonds. The standard InChI is InChI=1S/C13H12BrFN2OS/c1-8-16-9(7-19-8)6-17(2)13(18)10-4-3-5-11(14)12(10)15/h3-5,7H,6H2,1-2H3. The smallest absolute Gasteiger partial charge is 0.256 e. The molecule has 6 heteroatoms. The predicted molar refractivity (Wildman–Crippen MR) is 76.7 cm³/mol. The lowest BCUT2D eigenvalue weighted by molar-refractivity contribution is 0.0778. The van der Waals surface area contributed by atoms with Crippen molar-refractivity contribution in [1.29, 1.82) is 0 Å². The molecular formula is C13H12BrFN2OS. The highest BCUT2D eigenvalue weighted by Crippen LogP contribution is 2.20. The van der Waals surface area contributed by atoms with E-state index in [1.54, 1.807) is 19.2 Å². The predicted octanol–water partition coefficient (Wildman–Crippen LogP) is 3.63. The molecule has 0 unspecified atom stereocenters. The van der Waals surface area contributed by atoms with Crippen LogP contribution in [0.5, 0.6) is 0 Å². The molecule has 0 atom stereocenters. The fourth-order valence-electron chi connectivity index (χ4n) is 1.67. The molecule has 3 nitrogen and oxygen atoms in total. The highest BCUT2D eigenvalue weighted by Gasteiger charge is 2.18. The Morgan fingerprint density at radius 3 is 2.89 bits per heavy atom. The lowest BCUT2D eigenvalue weighted by Gasteiger charge is -2.16. The Labute approximate surface area is 123 Å². The van der Waals surface area contributed by atoms with E-state index in [9.17, 15) is 9.18 Å². The summed E-state index contributed by atoms with van der Waals surface area (Å²) in [6.45, 7) is 2.28. The van der Waals surface area contributed by atoms with Crippen LogP contribution in [-0.4, -0.2) is 22.8 Å². The van der Waals surface area contributed by atoms with Gasteiger partial charge in [0.05, 0.1) is 27.3 Å². The minimum Gasteiger partial charge on any atom is -0.336 e. The van der Waals surface area contributed by atoms with Gasteiger partial charge in [0.1, 0.15) is 5.82 Å². The Kier molecular flexibility index (Phi) is 4.31. The van der Waals surface area contributed by atoms with E-state index in [2.05, 4.69) is 20.9 Å². The van der Waals surface area contributed by atoms with Gasteiger partial charge in [-0.05, 0) is 35.0 Å². The third-order valence-corrected chi connectivity index (χ3v) is 4.03. The zero-order valence-corrected chi connectivity index (χ0v) is 12.9. The monoisotopic (exact) mass is 342 g/mol. The van der Waals surface area contributed by atoms with Crippen molar-refractivity contribution >= 4 is 33.2 Å². The van der Waals surface area contributed by atoms with Crippen LogP contribution in [0.3, 0.4) is 0 Å². The molecule has 0 radical (unpaired) electrons. The van der Waals surface area contributed by atoms with Gasteiger partial charge in [-0.3, -0.25) is 4.79 Å². The lowest BCUT2D eigenvalue weighted by Crippen LogP contribution is -2.27. The van der Waals surface area contributed by atoms with Gasteiger partial charge in [-0.15, -0.1) is 11.3 Å². The van der Waals surface area contributed by atoms with Crippen LogP contribution in [0.1, 0.15) is 21.1 Å². The van der Waals surface area contributed by atoms with Gasteiger partial charge >= 0.3 is 0 Å². The normalized spacial score (nSPS) is 10.5. The first kappa shape index (κ1) is 14.1. The second-order valence-corrected chi connectivity index (χ2v) is 6.04. The van der Waals surface area contributed by atoms with Gasteiger partial charge in [-0.1, -0.05) is 6.07 Å². The molecule has 0 N–H and O–H groups in total. The van der Waals surface area contributed by atoms with Crippen molar-refractivity contribution in [3.63, 3.8) is 0 Å². The lowest BCUT2D eigenvalue weighted by atomic mass is 10.2. The van der Waals surface area contributed by atoms with E-state index in [-0.39, 0.29) is 15.9 Å². The average molecular weight is 343 g/mol. The van der Waals surface area contributed by atoms with Crippen molar-refractivity contribution in [2.45, 2.75) is 13.5 Å². The Bertz CT molecular complexity index is 614. The number of carbonyl (C=O) groups is 1. The van der Waals surface area contributed by atoms with Crippen LogP contribution < -0.4 is 0 Å². The molecule has 0 aliphatic heterocycles. The number of aryl methyl sites for hydroxylation is 1. The fourth-order valence-corrected chi connectivity index (χ4v) is 2.64. The molecule has 0 aliphatic carbocycles. The van der Waals surface area contributed by atoms with E-state index in [1.807, 2.05) is 12.3 Å². The van der Waals surface area contributed by atoms with Gasteiger partial charge in [0.2, 0.25) is 0 Å². The number of thiazole rings is 1. The quantitative estimate of drug-likeness (QED) is 0.853. The van der Waals surface area contributed by atoms with Gasteiger partial charge in [0, 0.05) is 12.4 Å². The van der Waals surface area contributed by atoms with Crippen LogP contribution in [0.2, 0.25) is 0 Å². The first-order valence-corrected chi connectivity index (χ1v) is 7.27. The third-order valence-electron chi connectivity index (χ3n) is 2.59. The number of carbonyl (C=O) groups excluding carboxylic acids is 1. The molecule has 100 valence electrons. The van der Waals surface area contributed by atoms with Crippen molar-refractivity contribution in [2.24, 2.45) is 0 Å². The Hall–Kier alpha value is -1.27. The molecule has 0 aliphatic rings. The van der Waals surface area contributed by atoms with Crippen molar-refractivity contribution in [1.82, 2.24) is 9.88 Å². The molecule has 19 heavy (non-hydrogen) atoms. The van der Waals surface area contributed by atoms with Crippen molar-refractivity contribution in [2.75, 3.05) is 7.05 Å². The van der Waals surface area contributed by atoms with Gasteiger partial charge in [-0.2, -0.15) is 0 Å². The molecular weight excluding hydrogens is 331 g/mol. The maximum Gasteiger partial charge on any atom is 0.256 e. The van der Waals surface area contributed by atoms with Gasteiger partial charge in [-0.25, -0.2) is 9.37 Å². The zero-order chi connectivity index (χ0) is 14.0. The highest BCUT2D eigenvalue weighted by molar-refractivity contribution is 9.10. The molecule has 0 saturated heterocycles. The molecule has 0 spiro atoms. The number of nitrogens with zero attached hydrogens (tertiary/aromatic N) is 2. The van der Waals surface area contributed by atoms with Crippen LogP contribution in [-0.2, 0) is 6.54 Å². The summed E-state index contributed by atoms with van der Waals surface area (Å²) in [5.41, 5.74) is 0.873. The first-order valence-electron chi connectivity index (χ1n) is 5.59. The number of aromatic nitrogens is 1. The van der Waals surface area contributed by atoms with Gasteiger partial charge in [0.25, 0.3) is 5.91 Å². The maximum absolute atomic E-state index is 13.8. The van der Waals surface area contributed by atoms with Crippen LogP contribution in [0.25, 0.3) is 0 Å². The van der Waals surface area contributed by atoms with Crippen LogP contribution in [0.4, 0.5) is 4.39 Å². The summed E-state index contributed by atoms with van der Waals surface area (Å²) in [6, 6.07) is 4.68. The summed E-state index contributed by atoms with van der Waals surface area (Å²) >= 11 is 4.61. The molecule has 0 saturated carbocycles. The molecule has 1 heterocycles. The maximum atomic E-state index is 13.8. The number of rotatable bonds is 3. The minimum absolute atomic E-state index is 0.0591. The number of hydrogen-bond donors (Lipinski definition) is 0. The van der Waals surface area contributed by atoms with E-state index in [1.165, 1.54) is 22.3 Å². The molecule has 2 rings (SSSR count). The Morgan fingerprint density at radius 2 is 2.26 bits per heavy atom. The van der Waals surface area contributed by atoms with Crippen molar-refractivity contribution < 1.29 is 9.18 Å². The number of benzene rings is 1. The molecule has 2 aromatic rings. The highest BCUT2D eigenvalue weighted by atomic mass is 79.9. The second kappa shape index (κ2) is 5.79. The van der Waals surface area contributed by atoms with E-state index in [0.717, 1.165) is 10.7 Å². The largest absolute Gasteiger partial charge is 0.336 e. The van der Waals surface area contributed by atoms with Crippen LogP contribution in [0, 0.1) is 12.7 Å². The number of amides is 1. The molecule has 1 aromatic carbocycles. The fraction of sp³-hybridized carbons (Fsp3) is 0.231.